The van der Waals surface area contributed by atoms with Crippen molar-refractivity contribution in [3.8, 4) is 0 Å². The predicted octanol–water partition coefficient (Wildman–Crippen LogP) is 5.66. The standard InChI is InChI=1S/C19H20S/c1-3-9-16(10-4-1)19-14-8-7-11-17(19)15-20-18-12-5-2-6-13-18/h1-6,9-10,12-14,17H,7-8,11,15H2. The van der Waals surface area contributed by atoms with Crippen LogP contribution in [0.25, 0.3) is 5.57 Å². The van der Waals surface area contributed by atoms with Gasteiger partial charge in [0.15, 0.2) is 0 Å². The minimum atomic E-state index is 0.691. The smallest absolute Gasteiger partial charge is 0.00721 e. The van der Waals surface area contributed by atoms with Crippen LogP contribution in [0.3, 0.4) is 0 Å². The molecule has 0 aromatic heterocycles. The van der Waals surface area contributed by atoms with Crippen LogP contribution in [0, 0.1) is 5.92 Å². The zero-order valence-corrected chi connectivity index (χ0v) is 12.5. The molecular formula is C19H20S. The third kappa shape index (κ3) is 3.34. The molecule has 0 N–H and O–H groups in total. The lowest BCUT2D eigenvalue weighted by molar-refractivity contribution is 0.609. The quantitative estimate of drug-likeness (QED) is 0.651. The van der Waals surface area contributed by atoms with Gasteiger partial charge in [0.25, 0.3) is 0 Å². The van der Waals surface area contributed by atoms with Gasteiger partial charge < -0.3 is 0 Å². The molecule has 2 aromatic carbocycles. The summed E-state index contributed by atoms with van der Waals surface area (Å²) in [6.07, 6.45) is 6.34. The molecular weight excluding hydrogens is 260 g/mol. The fourth-order valence-corrected chi connectivity index (χ4v) is 3.90. The van der Waals surface area contributed by atoms with E-state index < -0.39 is 0 Å². The second kappa shape index (κ2) is 6.81. The topological polar surface area (TPSA) is 0 Å². The lowest BCUT2D eigenvalue weighted by Gasteiger charge is -2.24. The summed E-state index contributed by atoms with van der Waals surface area (Å²) in [5.74, 6) is 1.88. The first-order valence-electron chi connectivity index (χ1n) is 7.37. The van der Waals surface area contributed by atoms with Crippen LogP contribution >= 0.6 is 11.8 Å². The molecule has 102 valence electrons. The maximum Gasteiger partial charge on any atom is 0.00721 e. The highest BCUT2D eigenvalue weighted by Crippen LogP contribution is 2.36. The van der Waals surface area contributed by atoms with Crippen LogP contribution in [0.2, 0.25) is 0 Å². The number of rotatable bonds is 4. The Morgan fingerprint density at radius 3 is 2.35 bits per heavy atom. The molecule has 0 spiro atoms. The molecule has 1 unspecified atom stereocenters. The molecule has 1 heteroatoms. The molecule has 0 nitrogen and oxygen atoms in total. The van der Waals surface area contributed by atoms with Gasteiger partial charge in [0.05, 0.1) is 0 Å². The lowest BCUT2D eigenvalue weighted by atomic mass is 9.85. The lowest BCUT2D eigenvalue weighted by Crippen LogP contribution is -2.10. The van der Waals surface area contributed by atoms with Gasteiger partial charge in [0.1, 0.15) is 0 Å². The zero-order chi connectivity index (χ0) is 13.6. The van der Waals surface area contributed by atoms with Crippen molar-refractivity contribution in [1.82, 2.24) is 0 Å². The van der Waals surface area contributed by atoms with Crippen LogP contribution in [0.5, 0.6) is 0 Å². The third-order valence-electron chi connectivity index (χ3n) is 3.86. The van der Waals surface area contributed by atoms with Gasteiger partial charge in [-0.3, -0.25) is 0 Å². The number of thioether (sulfide) groups is 1. The van der Waals surface area contributed by atoms with Crippen molar-refractivity contribution < 1.29 is 0 Å². The highest BCUT2D eigenvalue weighted by molar-refractivity contribution is 7.99. The van der Waals surface area contributed by atoms with E-state index in [9.17, 15) is 0 Å². The normalized spacial score (nSPS) is 18.6. The van der Waals surface area contributed by atoms with Crippen molar-refractivity contribution in [2.45, 2.75) is 24.2 Å². The number of allylic oxidation sites excluding steroid dienone is 2. The number of benzene rings is 2. The first-order valence-corrected chi connectivity index (χ1v) is 8.35. The van der Waals surface area contributed by atoms with E-state index in [0.29, 0.717) is 5.92 Å². The van der Waals surface area contributed by atoms with E-state index in [1.807, 2.05) is 11.8 Å². The molecule has 0 heterocycles. The average molecular weight is 280 g/mol. The molecule has 3 rings (SSSR count). The van der Waals surface area contributed by atoms with Crippen molar-refractivity contribution in [3.05, 3.63) is 72.3 Å². The van der Waals surface area contributed by atoms with Gasteiger partial charge in [-0.25, -0.2) is 0 Å². The molecule has 2 aromatic rings. The molecule has 1 aliphatic rings. The Balaban J connectivity index is 1.71. The summed E-state index contributed by atoms with van der Waals surface area (Å²) in [4.78, 5) is 1.38. The molecule has 0 radical (unpaired) electrons. The van der Waals surface area contributed by atoms with Crippen LogP contribution in [0.15, 0.2) is 71.6 Å². The van der Waals surface area contributed by atoms with Crippen molar-refractivity contribution in [2.75, 3.05) is 5.75 Å². The van der Waals surface area contributed by atoms with E-state index >= 15 is 0 Å². The highest BCUT2D eigenvalue weighted by atomic mass is 32.2. The molecule has 0 saturated carbocycles. The van der Waals surface area contributed by atoms with Gasteiger partial charge in [-0.2, -0.15) is 0 Å². The second-order valence-corrected chi connectivity index (χ2v) is 6.37. The Morgan fingerprint density at radius 1 is 0.900 bits per heavy atom. The Kier molecular flexibility index (Phi) is 4.60. The molecule has 1 atom stereocenters. The summed E-state index contributed by atoms with van der Waals surface area (Å²) >= 11 is 1.98. The van der Waals surface area contributed by atoms with Gasteiger partial charge in [0, 0.05) is 10.6 Å². The molecule has 1 aliphatic carbocycles. The van der Waals surface area contributed by atoms with Gasteiger partial charge in [0.2, 0.25) is 0 Å². The van der Waals surface area contributed by atoms with Crippen molar-refractivity contribution in [2.24, 2.45) is 5.92 Å². The first-order chi connectivity index (χ1) is 9.93. The average Bonchev–Trinajstić information content (AvgIpc) is 2.55. The summed E-state index contributed by atoms with van der Waals surface area (Å²) in [5.41, 5.74) is 2.96. The zero-order valence-electron chi connectivity index (χ0n) is 11.7. The third-order valence-corrected chi connectivity index (χ3v) is 5.04. The van der Waals surface area contributed by atoms with E-state index in [-0.39, 0.29) is 0 Å². The number of hydrogen-bond donors (Lipinski definition) is 0. The summed E-state index contributed by atoms with van der Waals surface area (Å²) in [7, 11) is 0. The Morgan fingerprint density at radius 2 is 1.60 bits per heavy atom. The minimum Gasteiger partial charge on any atom is -0.126 e. The number of hydrogen-bond acceptors (Lipinski definition) is 1. The molecule has 0 bridgehead atoms. The first kappa shape index (κ1) is 13.5. The SMILES string of the molecule is C1=C(c2ccccc2)C(CSc2ccccc2)CCC1. The second-order valence-electron chi connectivity index (χ2n) is 5.28. The van der Waals surface area contributed by atoms with Gasteiger partial charge in [-0.15, -0.1) is 11.8 Å². The van der Waals surface area contributed by atoms with E-state index in [1.54, 1.807) is 5.57 Å². The Labute approximate surface area is 125 Å². The maximum absolute atomic E-state index is 2.45. The molecule has 20 heavy (non-hydrogen) atoms. The monoisotopic (exact) mass is 280 g/mol. The van der Waals surface area contributed by atoms with Crippen LogP contribution in [0.1, 0.15) is 24.8 Å². The Bertz CT molecular complexity index is 557. The Hall–Kier alpha value is -1.47. The fourth-order valence-electron chi connectivity index (χ4n) is 2.81. The van der Waals surface area contributed by atoms with Crippen molar-refractivity contribution in [3.63, 3.8) is 0 Å². The molecule has 0 fully saturated rings. The minimum absolute atomic E-state index is 0.691. The van der Waals surface area contributed by atoms with Gasteiger partial charge in [-0.05, 0) is 48.4 Å². The fraction of sp³-hybridized carbons (Fsp3) is 0.263. The van der Waals surface area contributed by atoms with E-state index in [1.165, 1.54) is 35.5 Å². The molecule has 0 amide bonds. The van der Waals surface area contributed by atoms with Gasteiger partial charge in [-0.1, -0.05) is 54.6 Å². The highest BCUT2D eigenvalue weighted by Gasteiger charge is 2.19. The van der Waals surface area contributed by atoms with Crippen molar-refractivity contribution >= 4 is 17.3 Å². The summed E-state index contributed by atoms with van der Waals surface area (Å²) in [6, 6.07) is 21.6. The molecule has 0 aliphatic heterocycles. The van der Waals surface area contributed by atoms with E-state index in [0.717, 1.165) is 0 Å². The molecule has 0 saturated heterocycles. The van der Waals surface area contributed by atoms with Crippen LogP contribution in [-0.2, 0) is 0 Å². The van der Waals surface area contributed by atoms with Crippen molar-refractivity contribution in [1.29, 1.82) is 0 Å². The van der Waals surface area contributed by atoms with Crippen LogP contribution in [-0.4, -0.2) is 5.75 Å². The summed E-state index contributed by atoms with van der Waals surface area (Å²) in [5, 5.41) is 0. The van der Waals surface area contributed by atoms with Gasteiger partial charge >= 0.3 is 0 Å². The van der Waals surface area contributed by atoms with Crippen LogP contribution in [0.4, 0.5) is 0 Å². The van der Waals surface area contributed by atoms with E-state index in [4.69, 9.17) is 0 Å². The largest absolute Gasteiger partial charge is 0.126 e. The summed E-state index contributed by atoms with van der Waals surface area (Å²) in [6.45, 7) is 0. The summed E-state index contributed by atoms with van der Waals surface area (Å²) < 4.78 is 0. The van der Waals surface area contributed by atoms with E-state index in [2.05, 4.69) is 66.7 Å². The maximum atomic E-state index is 2.45. The van der Waals surface area contributed by atoms with Crippen LogP contribution < -0.4 is 0 Å². The predicted molar refractivity (Wildman–Crippen MR) is 88.9 cm³/mol.